The van der Waals surface area contributed by atoms with Gasteiger partial charge < -0.3 is 19.8 Å². The summed E-state index contributed by atoms with van der Waals surface area (Å²) in [5, 5.41) is 4.12. The highest BCUT2D eigenvalue weighted by atomic mass is 16.5. The van der Waals surface area contributed by atoms with Crippen LogP contribution in [0.5, 0.6) is 17.4 Å². The number of benzene rings is 1. The molecule has 6 heteroatoms. The predicted molar refractivity (Wildman–Crippen MR) is 74.4 cm³/mol. The van der Waals surface area contributed by atoms with Gasteiger partial charge >= 0.3 is 0 Å². The minimum absolute atomic E-state index is 0.528. The minimum atomic E-state index is 0.528. The fourth-order valence-corrected chi connectivity index (χ4v) is 2.22. The molecule has 1 aliphatic heterocycles. The summed E-state index contributed by atoms with van der Waals surface area (Å²) in [7, 11) is 0. The fraction of sp³-hybridized carbons (Fsp3) is 0.143. The van der Waals surface area contributed by atoms with E-state index in [1.165, 1.54) is 6.33 Å². The molecule has 0 unspecified atom stereocenters. The predicted octanol–water partition coefficient (Wildman–Crippen LogP) is 2.55. The molecule has 0 aliphatic carbocycles. The fourth-order valence-electron chi connectivity index (χ4n) is 2.22. The van der Waals surface area contributed by atoms with Gasteiger partial charge in [-0.2, -0.15) is 0 Å². The number of ether oxygens (including phenoxy) is 2. The van der Waals surface area contributed by atoms with Gasteiger partial charge in [-0.15, -0.1) is 0 Å². The van der Waals surface area contributed by atoms with Crippen molar-refractivity contribution >= 4 is 16.7 Å². The quantitative estimate of drug-likeness (QED) is 0.747. The molecule has 100 valence electrons. The first-order valence-electron chi connectivity index (χ1n) is 6.37. The molecule has 1 aromatic carbocycles. The number of aromatic nitrogens is 3. The molecule has 0 atom stereocenters. The average molecular weight is 268 g/mol. The van der Waals surface area contributed by atoms with Crippen LogP contribution in [0.15, 0.2) is 36.8 Å². The lowest BCUT2D eigenvalue weighted by molar-refractivity contribution is 0.321. The molecule has 0 fully saturated rings. The summed E-state index contributed by atoms with van der Waals surface area (Å²) in [6.07, 6.45) is 3.29. The summed E-state index contributed by atoms with van der Waals surface area (Å²) in [5.41, 5.74) is 1.74. The van der Waals surface area contributed by atoms with E-state index in [4.69, 9.17) is 9.47 Å². The summed E-state index contributed by atoms with van der Waals surface area (Å²) >= 11 is 0. The van der Waals surface area contributed by atoms with Gasteiger partial charge in [-0.25, -0.2) is 9.97 Å². The number of H-pyrrole nitrogens is 1. The van der Waals surface area contributed by atoms with Crippen LogP contribution in [-0.2, 0) is 0 Å². The van der Waals surface area contributed by atoms with Gasteiger partial charge in [0.2, 0.25) is 5.88 Å². The van der Waals surface area contributed by atoms with E-state index in [0.29, 0.717) is 18.2 Å². The maximum atomic E-state index is 5.84. The highest BCUT2D eigenvalue weighted by Gasteiger charge is 2.12. The van der Waals surface area contributed by atoms with Crippen molar-refractivity contribution in [1.29, 1.82) is 0 Å². The van der Waals surface area contributed by atoms with E-state index < -0.39 is 0 Å². The topological polar surface area (TPSA) is 72.1 Å². The second-order valence-corrected chi connectivity index (χ2v) is 4.45. The lowest BCUT2D eigenvalue weighted by Crippen LogP contribution is -2.17. The summed E-state index contributed by atoms with van der Waals surface area (Å²) in [4.78, 5) is 11.3. The van der Waals surface area contributed by atoms with Crippen molar-refractivity contribution in [2.75, 3.05) is 18.5 Å². The van der Waals surface area contributed by atoms with Crippen LogP contribution < -0.4 is 14.8 Å². The van der Waals surface area contributed by atoms with E-state index >= 15 is 0 Å². The first-order valence-corrected chi connectivity index (χ1v) is 6.37. The summed E-state index contributed by atoms with van der Waals surface area (Å²) < 4.78 is 11.4. The SMILES string of the molecule is c1nc(Oc2ccc3c(c2)OCCN3)c2cc[nH]c2n1. The summed E-state index contributed by atoms with van der Waals surface area (Å²) in [6, 6.07) is 7.59. The Bertz CT molecular complexity index is 769. The van der Waals surface area contributed by atoms with Crippen LogP contribution in [0.2, 0.25) is 0 Å². The third kappa shape index (κ3) is 1.82. The molecule has 2 N–H and O–H groups in total. The Morgan fingerprint density at radius 1 is 1.20 bits per heavy atom. The number of nitrogens with zero attached hydrogens (tertiary/aromatic N) is 2. The maximum absolute atomic E-state index is 5.84. The monoisotopic (exact) mass is 268 g/mol. The van der Waals surface area contributed by atoms with Gasteiger partial charge in [-0.1, -0.05) is 0 Å². The number of hydrogen-bond donors (Lipinski definition) is 2. The van der Waals surface area contributed by atoms with Gasteiger partial charge in [-0.3, -0.25) is 0 Å². The Morgan fingerprint density at radius 3 is 3.20 bits per heavy atom. The second-order valence-electron chi connectivity index (χ2n) is 4.45. The molecule has 0 saturated heterocycles. The van der Waals surface area contributed by atoms with Crippen LogP contribution in [-0.4, -0.2) is 28.1 Å². The van der Waals surface area contributed by atoms with Crippen molar-refractivity contribution in [1.82, 2.24) is 15.0 Å². The lowest BCUT2D eigenvalue weighted by Gasteiger charge is -2.19. The minimum Gasteiger partial charge on any atom is -0.489 e. The third-order valence-electron chi connectivity index (χ3n) is 3.16. The molecular weight excluding hydrogens is 256 g/mol. The molecule has 0 amide bonds. The zero-order valence-corrected chi connectivity index (χ0v) is 10.6. The van der Waals surface area contributed by atoms with Gasteiger partial charge in [-0.05, 0) is 18.2 Å². The van der Waals surface area contributed by atoms with Gasteiger partial charge in [0.15, 0.2) is 0 Å². The molecule has 0 radical (unpaired) electrons. The zero-order chi connectivity index (χ0) is 13.4. The molecule has 3 aromatic rings. The van der Waals surface area contributed by atoms with E-state index in [0.717, 1.165) is 29.0 Å². The largest absolute Gasteiger partial charge is 0.489 e. The van der Waals surface area contributed by atoms with Crippen molar-refractivity contribution in [3.8, 4) is 17.4 Å². The summed E-state index contributed by atoms with van der Waals surface area (Å²) in [6.45, 7) is 1.48. The third-order valence-corrected chi connectivity index (χ3v) is 3.16. The number of hydrogen-bond acceptors (Lipinski definition) is 5. The van der Waals surface area contributed by atoms with Crippen LogP contribution in [0.3, 0.4) is 0 Å². The molecule has 1 aliphatic rings. The molecule has 0 saturated carbocycles. The highest BCUT2D eigenvalue weighted by Crippen LogP contribution is 2.34. The molecular formula is C14H12N4O2. The molecule has 20 heavy (non-hydrogen) atoms. The van der Waals surface area contributed by atoms with Gasteiger partial charge in [0.05, 0.1) is 11.1 Å². The van der Waals surface area contributed by atoms with Crippen molar-refractivity contribution in [2.45, 2.75) is 0 Å². The van der Waals surface area contributed by atoms with Crippen LogP contribution in [0.4, 0.5) is 5.69 Å². The van der Waals surface area contributed by atoms with Crippen molar-refractivity contribution in [3.05, 3.63) is 36.8 Å². The van der Waals surface area contributed by atoms with E-state index in [9.17, 15) is 0 Å². The maximum Gasteiger partial charge on any atom is 0.231 e. The van der Waals surface area contributed by atoms with E-state index in [1.807, 2.05) is 30.5 Å². The molecule has 0 spiro atoms. The van der Waals surface area contributed by atoms with Gasteiger partial charge in [0.25, 0.3) is 0 Å². The Morgan fingerprint density at radius 2 is 2.20 bits per heavy atom. The second kappa shape index (κ2) is 4.41. The van der Waals surface area contributed by atoms with Crippen molar-refractivity contribution in [2.24, 2.45) is 0 Å². The zero-order valence-electron chi connectivity index (χ0n) is 10.6. The molecule has 4 rings (SSSR count). The highest BCUT2D eigenvalue weighted by molar-refractivity contribution is 5.80. The number of anilines is 1. The number of nitrogens with one attached hydrogen (secondary N) is 2. The van der Waals surface area contributed by atoms with Crippen LogP contribution in [0.1, 0.15) is 0 Å². The molecule has 0 bridgehead atoms. The Hall–Kier alpha value is -2.76. The van der Waals surface area contributed by atoms with E-state index in [-0.39, 0.29) is 0 Å². The van der Waals surface area contributed by atoms with Crippen LogP contribution in [0, 0.1) is 0 Å². The lowest BCUT2D eigenvalue weighted by atomic mass is 10.2. The molecule has 3 heterocycles. The van der Waals surface area contributed by atoms with Crippen molar-refractivity contribution < 1.29 is 9.47 Å². The van der Waals surface area contributed by atoms with Gasteiger partial charge in [0, 0.05) is 18.8 Å². The molecule has 6 nitrogen and oxygen atoms in total. The number of rotatable bonds is 2. The average Bonchev–Trinajstić information content (AvgIpc) is 2.97. The van der Waals surface area contributed by atoms with Crippen molar-refractivity contribution in [3.63, 3.8) is 0 Å². The summed E-state index contributed by atoms with van der Waals surface area (Å²) in [5.74, 6) is 2.02. The Kier molecular flexibility index (Phi) is 2.45. The number of fused-ring (bicyclic) bond motifs is 2. The standard InChI is InChI=1S/C14H12N4O2/c1-2-11-12(19-6-5-15-11)7-9(1)20-14-10-3-4-16-13(10)17-8-18-14/h1-4,7-8,15H,5-6H2,(H,16,17,18). The normalized spacial score (nSPS) is 13.4. The first kappa shape index (κ1) is 11.1. The van der Waals surface area contributed by atoms with E-state index in [2.05, 4.69) is 20.3 Å². The van der Waals surface area contributed by atoms with Crippen LogP contribution >= 0.6 is 0 Å². The van der Waals surface area contributed by atoms with E-state index in [1.54, 1.807) is 0 Å². The van der Waals surface area contributed by atoms with Crippen LogP contribution in [0.25, 0.3) is 11.0 Å². The first-order chi connectivity index (χ1) is 9.90. The molecule has 2 aromatic heterocycles. The van der Waals surface area contributed by atoms with Gasteiger partial charge in [0.1, 0.15) is 30.1 Å². The smallest absolute Gasteiger partial charge is 0.231 e. The Labute approximate surface area is 114 Å². The Balaban J connectivity index is 1.70. The number of aromatic amines is 1.